The van der Waals surface area contributed by atoms with Crippen LogP contribution in [0.1, 0.15) is 22.6 Å². The average Bonchev–Trinajstić information content (AvgIpc) is 3.45. The quantitative estimate of drug-likeness (QED) is 0.372. The predicted molar refractivity (Wildman–Crippen MR) is 129 cm³/mol. The van der Waals surface area contributed by atoms with E-state index >= 15 is 0 Å². The number of nitrogens with zero attached hydrogens (tertiary/aromatic N) is 4. The predicted octanol–water partition coefficient (Wildman–Crippen LogP) is 5.63. The summed E-state index contributed by atoms with van der Waals surface area (Å²) < 4.78 is 6.11. The van der Waals surface area contributed by atoms with Crippen LogP contribution in [0, 0.1) is 6.92 Å². The van der Waals surface area contributed by atoms with Gasteiger partial charge in [-0.1, -0.05) is 36.4 Å². The summed E-state index contributed by atoms with van der Waals surface area (Å²) in [6.07, 6.45) is 2.89. The summed E-state index contributed by atoms with van der Waals surface area (Å²) in [4.78, 5) is 19.8. The van der Waals surface area contributed by atoms with Gasteiger partial charge < -0.3 is 9.40 Å². The third kappa shape index (κ3) is 4.29. The van der Waals surface area contributed by atoms with E-state index in [9.17, 15) is 0 Å². The van der Waals surface area contributed by atoms with Crippen LogP contribution in [0.5, 0.6) is 0 Å². The van der Waals surface area contributed by atoms with Crippen molar-refractivity contribution in [1.29, 1.82) is 0 Å². The maximum atomic E-state index is 6.11. The molecule has 6 nitrogen and oxygen atoms in total. The number of imidazole rings is 1. The number of hydrogen-bond donors (Lipinski definition) is 1. The Bertz CT molecular complexity index is 1430. The number of aryl methyl sites for hydroxylation is 1. The Morgan fingerprint density at radius 1 is 1.06 bits per heavy atom. The second-order valence-corrected chi connectivity index (χ2v) is 9.37. The van der Waals surface area contributed by atoms with Crippen molar-refractivity contribution < 1.29 is 4.42 Å². The molecular formula is C26H23N5OS. The van der Waals surface area contributed by atoms with Crippen molar-refractivity contribution in [3.8, 4) is 11.4 Å². The van der Waals surface area contributed by atoms with Crippen LogP contribution in [0.4, 0.5) is 0 Å². The van der Waals surface area contributed by atoms with Crippen molar-refractivity contribution in [2.75, 3.05) is 6.54 Å². The van der Waals surface area contributed by atoms with Crippen molar-refractivity contribution in [1.82, 2.24) is 24.8 Å². The Morgan fingerprint density at radius 2 is 1.97 bits per heavy atom. The molecule has 1 aliphatic rings. The Balaban J connectivity index is 1.12. The van der Waals surface area contributed by atoms with Gasteiger partial charge in [-0.2, -0.15) is 0 Å². The minimum absolute atomic E-state index is 0.764. The first kappa shape index (κ1) is 20.2. The van der Waals surface area contributed by atoms with Crippen molar-refractivity contribution in [2.24, 2.45) is 0 Å². The van der Waals surface area contributed by atoms with Gasteiger partial charge in [0, 0.05) is 36.8 Å². The highest BCUT2D eigenvalue weighted by molar-refractivity contribution is 7.99. The van der Waals surface area contributed by atoms with Gasteiger partial charge in [-0.25, -0.2) is 15.0 Å². The van der Waals surface area contributed by atoms with E-state index in [4.69, 9.17) is 9.40 Å². The summed E-state index contributed by atoms with van der Waals surface area (Å²) in [7, 11) is 0. The van der Waals surface area contributed by atoms with Crippen LogP contribution in [0.3, 0.4) is 0 Å². The number of furan rings is 1. The van der Waals surface area contributed by atoms with Gasteiger partial charge in [0.2, 0.25) is 0 Å². The summed E-state index contributed by atoms with van der Waals surface area (Å²) in [6.45, 7) is 4.62. The van der Waals surface area contributed by atoms with Crippen molar-refractivity contribution in [2.45, 2.75) is 36.7 Å². The van der Waals surface area contributed by atoms with Crippen molar-refractivity contribution >= 4 is 22.8 Å². The molecule has 164 valence electrons. The molecule has 0 aliphatic carbocycles. The number of aromatic nitrogens is 4. The molecule has 4 heterocycles. The van der Waals surface area contributed by atoms with Gasteiger partial charge in [0.1, 0.15) is 5.76 Å². The highest BCUT2D eigenvalue weighted by atomic mass is 32.2. The Hall–Kier alpha value is -3.42. The molecule has 0 atom stereocenters. The van der Waals surface area contributed by atoms with E-state index in [0.717, 1.165) is 70.2 Å². The SMILES string of the molecule is Cc1ccc2nc(Sc3ccc(CN4CCc5nc(-c6ccccc6)ncc5C4)o3)[nH]c2c1. The number of hydrogen-bond acceptors (Lipinski definition) is 6. The van der Waals surface area contributed by atoms with Gasteiger partial charge in [0.25, 0.3) is 0 Å². The fraction of sp³-hybridized carbons (Fsp3) is 0.192. The Morgan fingerprint density at radius 3 is 2.88 bits per heavy atom. The van der Waals surface area contributed by atoms with E-state index in [2.05, 4.69) is 57.1 Å². The van der Waals surface area contributed by atoms with Crippen LogP contribution in [0.25, 0.3) is 22.4 Å². The van der Waals surface area contributed by atoms with Crippen LogP contribution in [-0.4, -0.2) is 31.4 Å². The fourth-order valence-electron chi connectivity index (χ4n) is 4.20. The first-order chi connectivity index (χ1) is 16.2. The summed E-state index contributed by atoms with van der Waals surface area (Å²) in [5, 5.41) is 1.68. The van der Waals surface area contributed by atoms with Crippen LogP contribution in [-0.2, 0) is 19.5 Å². The van der Waals surface area contributed by atoms with E-state index in [0.29, 0.717) is 0 Å². The van der Waals surface area contributed by atoms with Crippen LogP contribution in [0.2, 0.25) is 0 Å². The van der Waals surface area contributed by atoms with Gasteiger partial charge >= 0.3 is 0 Å². The first-order valence-corrected chi connectivity index (χ1v) is 11.9. The monoisotopic (exact) mass is 453 g/mol. The van der Waals surface area contributed by atoms with E-state index in [1.807, 2.05) is 36.5 Å². The maximum Gasteiger partial charge on any atom is 0.174 e. The highest BCUT2D eigenvalue weighted by Crippen LogP contribution is 2.30. The number of benzene rings is 2. The lowest BCUT2D eigenvalue weighted by Crippen LogP contribution is -2.30. The molecule has 0 bridgehead atoms. The van der Waals surface area contributed by atoms with Crippen molar-refractivity contribution in [3.63, 3.8) is 0 Å². The maximum absolute atomic E-state index is 6.11. The number of rotatable bonds is 5. The molecule has 6 rings (SSSR count). The second kappa shape index (κ2) is 8.50. The molecule has 0 fully saturated rings. The lowest BCUT2D eigenvalue weighted by atomic mass is 10.1. The normalized spacial score (nSPS) is 14.0. The van der Waals surface area contributed by atoms with Gasteiger partial charge in [0.05, 0.1) is 23.3 Å². The minimum atomic E-state index is 0.764. The zero-order valence-corrected chi connectivity index (χ0v) is 19.1. The van der Waals surface area contributed by atoms with Crippen LogP contribution < -0.4 is 0 Å². The minimum Gasteiger partial charge on any atom is -0.453 e. The number of H-pyrrole nitrogens is 1. The molecule has 33 heavy (non-hydrogen) atoms. The van der Waals surface area contributed by atoms with Gasteiger partial charge in [-0.3, -0.25) is 4.90 Å². The standard InChI is InChI=1S/C26H23N5OS/c1-17-7-9-22-23(13-17)30-26(29-22)33-24-10-8-20(32-24)16-31-12-11-21-19(15-31)14-27-25(28-21)18-5-3-2-4-6-18/h2-10,13-14H,11-12,15-16H2,1H3,(H,29,30). The fourth-order valence-corrected chi connectivity index (χ4v) is 4.98. The number of nitrogens with one attached hydrogen (secondary N) is 1. The van der Waals surface area contributed by atoms with E-state index in [-0.39, 0.29) is 0 Å². The Labute approximate surface area is 196 Å². The number of aromatic amines is 1. The third-order valence-electron chi connectivity index (χ3n) is 5.87. The molecule has 0 amide bonds. The van der Waals surface area contributed by atoms with Crippen LogP contribution in [0.15, 0.2) is 81.5 Å². The summed E-state index contributed by atoms with van der Waals surface area (Å²) in [5.41, 5.74) is 6.64. The molecule has 0 saturated heterocycles. The molecule has 5 aromatic rings. The summed E-state index contributed by atoms with van der Waals surface area (Å²) >= 11 is 1.52. The average molecular weight is 454 g/mol. The molecule has 3 aromatic heterocycles. The topological polar surface area (TPSA) is 70.8 Å². The molecular weight excluding hydrogens is 430 g/mol. The van der Waals surface area contributed by atoms with E-state index in [1.165, 1.54) is 22.9 Å². The number of fused-ring (bicyclic) bond motifs is 2. The molecule has 0 unspecified atom stereocenters. The Kier molecular flexibility index (Phi) is 5.20. The molecule has 2 aromatic carbocycles. The molecule has 0 radical (unpaired) electrons. The van der Waals surface area contributed by atoms with Gasteiger partial charge in [-0.05, 0) is 48.5 Å². The lowest BCUT2D eigenvalue weighted by Gasteiger charge is -2.27. The summed E-state index contributed by atoms with van der Waals surface area (Å²) in [6, 6.07) is 20.5. The molecule has 0 spiro atoms. The molecule has 0 saturated carbocycles. The summed E-state index contributed by atoms with van der Waals surface area (Å²) in [5.74, 6) is 1.76. The molecule has 1 N–H and O–H groups in total. The lowest BCUT2D eigenvalue weighted by molar-refractivity contribution is 0.218. The van der Waals surface area contributed by atoms with Gasteiger partial charge in [0.15, 0.2) is 16.1 Å². The highest BCUT2D eigenvalue weighted by Gasteiger charge is 2.20. The van der Waals surface area contributed by atoms with Crippen LogP contribution >= 0.6 is 11.8 Å². The second-order valence-electron chi connectivity index (χ2n) is 8.38. The first-order valence-electron chi connectivity index (χ1n) is 11.1. The van der Waals surface area contributed by atoms with Crippen molar-refractivity contribution in [3.05, 3.63) is 89.4 Å². The third-order valence-corrected chi connectivity index (χ3v) is 6.68. The molecule has 7 heteroatoms. The van der Waals surface area contributed by atoms with E-state index < -0.39 is 0 Å². The zero-order chi connectivity index (χ0) is 22.2. The largest absolute Gasteiger partial charge is 0.453 e. The molecule has 1 aliphatic heterocycles. The van der Waals surface area contributed by atoms with E-state index in [1.54, 1.807) is 0 Å². The zero-order valence-electron chi connectivity index (χ0n) is 18.3. The smallest absolute Gasteiger partial charge is 0.174 e. The van der Waals surface area contributed by atoms with Gasteiger partial charge in [-0.15, -0.1) is 0 Å².